The number of para-hydroxylation sites is 1. The Hall–Kier alpha value is -6.94. The molecule has 1 aliphatic heterocycles. The lowest BCUT2D eigenvalue weighted by atomic mass is 9.82. The molecule has 0 bridgehead atoms. The van der Waals surface area contributed by atoms with E-state index in [0.717, 1.165) is 55.9 Å². The van der Waals surface area contributed by atoms with Gasteiger partial charge in [-0.3, -0.25) is 0 Å². The van der Waals surface area contributed by atoms with E-state index < -0.39 is 6.17 Å². The predicted molar refractivity (Wildman–Crippen MR) is 232 cm³/mol. The van der Waals surface area contributed by atoms with Crippen LogP contribution in [0.2, 0.25) is 0 Å². The van der Waals surface area contributed by atoms with Gasteiger partial charge in [0.25, 0.3) is 0 Å². The van der Waals surface area contributed by atoms with Gasteiger partial charge in [-0.25, -0.2) is 15.0 Å². The van der Waals surface area contributed by atoms with Crippen molar-refractivity contribution >= 4 is 64.9 Å². The first-order chi connectivity index (χ1) is 27.4. The molecule has 5 nitrogen and oxygen atoms in total. The van der Waals surface area contributed by atoms with E-state index in [2.05, 4.69) is 147 Å². The van der Waals surface area contributed by atoms with E-state index in [1.165, 1.54) is 47.8 Å². The lowest BCUT2D eigenvalue weighted by Crippen LogP contribution is -2.36. The van der Waals surface area contributed by atoms with Gasteiger partial charge in [-0.05, 0) is 76.3 Å². The molecule has 7 aromatic carbocycles. The third-order valence-corrected chi connectivity index (χ3v) is 12.8. The predicted octanol–water partition coefficient (Wildman–Crippen LogP) is 12.1. The second-order valence-corrected chi connectivity index (χ2v) is 16.2. The number of nitriles is 1. The van der Waals surface area contributed by atoms with Crippen LogP contribution in [0.5, 0.6) is 0 Å². The zero-order valence-corrected chi connectivity index (χ0v) is 31.5. The number of rotatable bonds is 4. The van der Waals surface area contributed by atoms with Crippen molar-refractivity contribution in [1.82, 2.24) is 10.3 Å². The first-order valence-corrected chi connectivity index (χ1v) is 19.7. The van der Waals surface area contributed by atoms with Gasteiger partial charge >= 0.3 is 0 Å². The molecule has 2 aliphatic rings. The summed E-state index contributed by atoms with van der Waals surface area (Å²) in [5.74, 6) is 1.49. The lowest BCUT2D eigenvalue weighted by Gasteiger charge is -2.24. The fourth-order valence-corrected chi connectivity index (χ4v) is 9.97. The topological polar surface area (TPSA) is 73.4 Å². The molecule has 0 spiro atoms. The fraction of sp³-hybridized carbons (Fsp3) is 0.0800. The summed E-state index contributed by atoms with van der Waals surface area (Å²) < 4.78 is 2.47. The first kappa shape index (κ1) is 32.5. The number of benzene rings is 7. The van der Waals surface area contributed by atoms with Gasteiger partial charge in [0.05, 0.1) is 22.8 Å². The van der Waals surface area contributed by atoms with E-state index in [1.807, 2.05) is 41.7 Å². The van der Waals surface area contributed by atoms with E-state index in [0.29, 0.717) is 5.56 Å². The maximum atomic E-state index is 9.51. The Morgan fingerprint density at radius 2 is 1.32 bits per heavy atom. The largest absolute Gasteiger partial charge is 0.324 e. The molecule has 1 unspecified atom stereocenters. The summed E-state index contributed by atoms with van der Waals surface area (Å²) in [5.41, 5.74) is 11.7. The van der Waals surface area contributed by atoms with Crippen molar-refractivity contribution in [3.8, 4) is 28.5 Å². The van der Waals surface area contributed by atoms with Gasteiger partial charge < -0.3 is 5.32 Å². The van der Waals surface area contributed by atoms with Crippen molar-refractivity contribution in [2.75, 3.05) is 0 Å². The molecule has 1 aliphatic carbocycles. The molecule has 1 atom stereocenters. The zero-order valence-electron chi connectivity index (χ0n) is 30.7. The zero-order chi connectivity index (χ0) is 37.5. The number of hydrogen-bond donors (Lipinski definition) is 1. The van der Waals surface area contributed by atoms with Crippen LogP contribution < -0.4 is 5.32 Å². The van der Waals surface area contributed by atoms with Crippen LogP contribution in [0.25, 0.3) is 64.2 Å². The summed E-state index contributed by atoms with van der Waals surface area (Å²) in [5, 5.41) is 19.0. The molecule has 2 aromatic heterocycles. The van der Waals surface area contributed by atoms with Crippen LogP contribution in [0, 0.1) is 11.3 Å². The van der Waals surface area contributed by atoms with Crippen LogP contribution >= 0.6 is 11.3 Å². The summed E-state index contributed by atoms with van der Waals surface area (Å²) >= 11 is 1.83. The highest BCUT2D eigenvalue weighted by atomic mass is 32.1. The molecule has 56 heavy (non-hydrogen) atoms. The second kappa shape index (κ2) is 12.3. The molecule has 0 amide bonds. The van der Waals surface area contributed by atoms with Gasteiger partial charge in [-0.1, -0.05) is 117 Å². The van der Waals surface area contributed by atoms with E-state index in [-0.39, 0.29) is 5.41 Å². The average molecular weight is 736 g/mol. The summed E-state index contributed by atoms with van der Waals surface area (Å²) in [6.45, 7) is 4.60. The Balaban J connectivity index is 1.08. The number of nitrogens with zero attached hydrogens (tertiary/aromatic N) is 4. The normalized spacial score (nSPS) is 15.6. The van der Waals surface area contributed by atoms with Crippen molar-refractivity contribution in [2.45, 2.75) is 25.4 Å². The summed E-state index contributed by atoms with van der Waals surface area (Å²) in [7, 11) is 0. The molecule has 0 saturated carbocycles. The summed E-state index contributed by atoms with van der Waals surface area (Å²) in [6.07, 6.45) is -0.483. The van der Waals surface area contributed by atoms with E-state index >= 15 is 0 Å². The van der Waals surface area contributed by atoms with Crippen molar-refractivity contribution < 1.29 is 0 Å². The number of thiophene rings is 1. The number of fused-ring (bicyclic) bond motifs is 10. The van der Waals surface area contributed by atoms with Crippen LogP contribution in [0.1, 0.15) is 53.4 Å². The maximum Gasteiger partial charge on any atom is 0.169 e. The van der Waals surface area contributed by atoms with Crippen LogP contribution in [0.15, 0.2) is 162 Å². The molecule has 11 rings (SSSR count). The Morgan fingerprint density at radius 1 is 0.607 bits per heavy atom. The average Bonchev–Trinajstić information content (AvgIpc) is 3.74. The Kier molecular flexibility index (Phi) is 7.13. The van der Waals surface area contributed by atoms with Crippen LogP contribution in [0.4, 0.5) is 0 Å². The quantitative estimate of drug-likeness (QED) is 0.183. The minimum absolute atomic E-state index is 0.0835. The minimum Gasteiger partial charge on any atom is -0.324 e. The highest BCUT2D eigenvalue weighted by Gasteiger charge is 2.35. The number of pyridine rings is 1. The van der Waals surface area contributed by atoms with Gasteiger partial charge in [0.2, 0.25) is 0 Å². The van der Waals surface area contributed by atoms with Gasteiger partial charge in [0, 0.05) is 58.4 Å². The van der Waals surface area contributed by atoms with E-state index in [9.17, 15) is 5.26 Å². The molecule has 0 radical (unpaired) electrons. The molecule has 0 fully saturated rings. The molecule has 0 saturated heterocycles. The molecule has 3 heterocycles. The van der Waals surface area contributed by atoms with Gasteiger partial charge in [-0.15, -0.1) is 11.3 Å². The molecule has 1 N–H and O–H groups in total. The van der Waals surface area contributed by atoms with E-state index in [1.54, 1.807) is 0 Å². The van der Waals surface area contributed by atoms with Gasteiger partial charge in [-0.2, -0.15) is 5.26 Å². The SMILES string of the molecule is CC1(C)c2ccccc2-c2cc(C3=NC(c4ccc5sc6c(ccc7c(-c8ccccc8)nc8ccccc8c76)c5c4)N=C(c4ccc(C#N)cc4)N3)ccc21. The summed E-state index contributed by atoms with van der Waals surface area (Å²) in [4.78, 5) is 15.7. The van der Waals surface area contributed by atoms with Crippen molar-refractivity contribution in [3.63, 3.8) is 0 Å². The molecule has 9 aromatic rings. The monoisotopic (exact) mass is 735 g/mol. The minimum atomic E-state index is -0.483. The Labute approximate surface area is 328 Å². The third kappa shape index (κ3) is 4.95. The summed E-state index contributed by atoms with van der Waals surface area (Å²) in [6, 6.07) is 55.4. The second-order valence-electron chi connectivity index (χ2n) is 15.1. The Bertz CT molecular complexity index is 3200. The van der Waals surface area contributed by atoms with Crippen LogP contribution in [-0.4, -0.2) is 16.7 Å². The van der Waals surface area contributed by atoms with Crippen molar-refractivity contribution in [2.24, 2.45) is 9.98 Å². The molecular weight excluding hydrogens is 703 g/mol. The van der Waals surface area contributed by atoms with Crippen molar-refractivity contribution in [3.05, 3.63) is 185 Å². The molecule has 264 valence electrons. The van der Waals surface area contributed by atoms with E-state index in [4.69, 9.17) is 15.0 Å². The van der Waals surface area contributed by atoms with Gasteiger partial charge in [0.15, 0.2) is 6.17 Å². The van der Waals surface area contributed by atoms with Crippen LogP contribution in [-0.2, 0) is 5.41 Å². The molecular formula is C50H33N5S. The highest BCUT2D eigenvalue weighted by molar-refractivity contribution is 7.26. The maximum absolute atomic E-state index is 9.51. The Morgan fingerprint density at radius 3 is 2.16 bits per heavy atom. The lowest BCUT2D eigenvalue weighted by molar-refractivity contribution is 0.660. The number of aromatic nitrogens is 1. The molecule has 6 heteroatoms. The third-order valence-electron chi connectivity index (χ3n) is 11.6. The van der Waals surface area contributed by atoms with Crippen LogP contribution in [0.3, 0.4) is 0 Å². The number of nitrogens with one attached hydrogen (secondary N) is 1. The number of aliphatic imine (C=N–C) groups is 2. The number of amidine groups is 2. The highest BCUT2D eigenvalue weighted by Crippen LogP contribution is 2.49. The fourth-order valence-electron chi connectivity index (χ4n) is 8.73. The van der Waals surface area contributed by atoms with Crippen molar-refractivity contribution in [1.29, 1.82) is 5.26 Å². The smallest absolute Gasteiger partial charge is 0.169 e. The standard InChI is InChI=1S/C50H33N5S/c1-50(2)40-14-8-6-12-34(40)38-26-32(20-24-41(38)50)48-53-47(31-18-16-29(28-51)17-19-31)54-49(55-48)33-21-25-43-39(27-33)35-22-23-37-44(46(35)56-43)36-13-7-9-15-42(36)52-45(37)30-10-4-3-5-11-30/h3-27,49H,1-2H3,(H,53,54,55). The first-order valence-electron chi connectivity index (χ1n) is 18.9. The number of hydrogen-bond acceptors (Lipinski definition) is 6. The van der Waals surface area contributed by atoms with Gasteiger partial charge in [0.1, 0.15) is 11.7 Å².